The van der Waals surface area contributed by atoms with Crippen LogP contribution in [-0.2, 0) is 0 Å². The molecule has 1 aromatic rings. The third kappa shape index (κ3) is 4.42. The normalized spacial score (nSPS) is 21.8. The predicted octanol–water partition coefficient (Wildman–Crippen LogP) is 3.35. The van der Waals surface area contributed by atoms with Crippen molar-refractivity contribution in [3.05, 3.63) is 29.6 Å². The van der Waals surface area contributed by atoms with Crippen molar-refractivity contribution in [1.82, 2.24) is 4.90 Å². The van der Waals surface area contributed by atoms with Crippen LogP contribution in [0, 0.1) is 11.7 Å². The fraction of sp³-hybridized carbons (Fsp3) is 0.647. The van der Waals surface area contributed by atoms with Gasteiger partial charge in [0.05, 0.1) is 7.11 Å². The van der Waals surface area contributed by atoms with Gasteiger partial charge in [0.1, 0.15) is 0 Å². The second kappa shape index (κ2) is 7.76. The number of hydrogen-bond donors (Lipinski definition) is 1. The van der Waals surface area contributed by atoms with E-state index in [-0.39, 0.29) is 17.6 Å². The Bertz CT molecular complexity index is 452. The molecular weight excluding hydrogens is 267 g/mol. The first-order valence-electron chi connectivity index (χ1n) is 7.95. The Morgan fingerprint density at radius 3 is 2.86 bits per heavy atom. The molecule has 0 spiro atoms. The van der Waals surface area contributed by atoms with Crippen molar-refractivity contribution in [3.8, 4) is 5.75 Å². The number of nitrogens with zero attached hydrogens (tertiary/aromatic N) is 1. The number of hydrogen-bond acceptors (Lipinski definition) is 3. The van der Waals surface area contributed by atoms with Crippen LogP contribution in [0.3, 0.4) is 0 Å². The lowest BCUT2D eigenvalue weighted by Crippen LogP contribution is -2.33. The smallest absolute Gasteiger partial charge is 0.165 e. The van der Waals surface area contributed by atoms with Crippen molar-refractivity contribution in [2.45, 2.75) is 38.6 Å². The van der Waals surface area contributed by atoms with Crippen molar-refractivity contribution in [2.75, 3.05) is 26.7 Å². The minimum absolute atomic E-state index is 0.149. The molecule has 1 aromatic carbocycles. The summed E-state index contributed by atoms with van der Waals surface area (Å²) in [5.41, 5.74) is 7.09. The molecule has 0 bridgehead atoms. The summed E-state index contributed by atoms with van der Waals surface area (Å²) in [6.07, 6.45) is 5.07. The van der Waals surface area contributed by atoms with Gasteiger partial charge in [-0.3, -0.25) is 0 Å². The van der Waals surface area contributed by atoms with Gasteiger partial charge >= 0.3 is 0 Å². The van der Waals surface area contributed by atoms with E-state index in [1.54, 1.807) is 6.07 Å². The van der Waals surface area contributed by atoms with E-state index in [0.29, 0.717) is 0 Å². The van der Waals surface area contributed by atoms with Crippen LogP contribution >= 0.6 is 0 Å². The molecule has 0 aliphatic carbocycles. The largest absolute Gasteiger partial charge is 0.494 e. The van der Waals surface area contributed by atoms with Crippen molar-refractivity contribution in [2.24, 2.45) is 11.7 Å². The Labute approximate surface area is 127 Å². The standard InChI is InChI=1S/C17H27FN2O/c1-3-13-5-4-9-20(10-8-13)12-16(19)14-6-7-17(21-2)15(18)11-14/h6-7,11,13,16H,3-5,8-10,12,19H2,1-2H3. The van der Waals surface area contributed by atoms with Gasteiger partial charge in [0, 0.05) is 12.6 Å². The fourth-order valence-electron chi connectivity index (χ4n) is 3.11. The predicted molar refractivity (Wildman–Crippen MR) is 84.0 cm³/mol. The van der Waals surface area contributed by atoms with Gasteiger partial charge in [0.2, 0.25) is 0 Å². The average Bonchev–Trinajstić information content (AvgIpc) is 2.72. The number of halogens is 1. The van der Waals surface area contributed by atoms with Gasteiger partial charge in [-0.1, -0.05) is 19.4 Å². The van der Waals surface area contributed by atoms with E-state index in [9.17, 15) is 4.39 Å². The van der Waals surface area contributed by atoms with Crippen LogP contribution in [0.2, 0.25) is 0 Å². The monoisotopic (exact) mass is 294 g/mol. The maximum atomic E-state index is 13.8. The third-order valence-electron chi connectivity index (χ3n) is 4.58. The molecule has 1 aliphatic heterocycles. The van der Waals surface area contributed by atoms with Crippen LogP contribution in [0.5, 0.6) is 5.75 Å². The quantitative estimate of drug-likeness (QED) is 0.905. The molecular formula is C17H27FN2O. The Morgan fingerprint density at radius 2 is 2.19 bits per heavy atom. The Hall–Kier alpha value is -1.13. The SMILES string of the molecule is CCC1CCCN(CC(N)c2ccc(OC)c(F)c2)CC1. The van der Waals surface area contributed by atoms with Gasteiger partial charge < -0.3 is 15.4 Å². The number of benzene rings is 1. The number of nitrogens with two attached hydrogens (primary N) is 1. The van der Waals surface area contributed by atoms with Gasteiger partial charge in [-0.15, -0.1) is 0 Å². The Balaban J connectivity index is 1.94. The average molecular weight is 294 g/mol. The second-order valence-corrected chi connectivity index (χ2v) is 6.01. The number of methoxy groups -OCH3 is 1. The van der Waals surface area contributed by atoms with E-state index in [1.165, 1.54) is 38.9 Å². The van der Waals surface area contributed by atoms with Crippen LogP contribution in [0.25, 0.3) is 0 Å². The zero-order chi connectivity index (χ0) is 15.2. The number of likely N-dealkylation sites (tertiary alicyclic amines) is 1. The van der Waals surface area contributed by atoms with Gasteiger partial charge in [0.15, 0.2) is 11.6 Å². The van der Waals surface area contributed by atoms with E-state index in [4.69, 9.17) is 10.5 Å². The molecule has 3 nitrogen and oxygen atoms in total. The van der Waals surface area contributed by atoms with Crippen LogP contribution < -0.4 is 10.5 Å². The fourth-order valence-corrected chi connectivity index (χ4v) is 3.11. The highest BCUT2D eigenvalue weighted by molar-refractivity contribution is 5.31. The summed E-state index contributed by atoms with van der Waals surface area (Å²) in [4.78, 5) is 2.42. The maximum absolute atomic E-state index is 13.8. The van der Waals surface area contributed by atoms with Gasteiger partial charge in [-0.25, -0.2) is 4.39 Å². The highest BCUT2D eigenvalue weighted by Gasteiger charge is 2.18. The van der Waals surface area contributed by atoms with Crippen molar-refractivity contribution >= 4 is 0 Å². The van der Waals surface area contributed by atoms with Gasteiger partial charge in [-0.2, -0.15) is 0 Å². The van der Waals surface area contributed by atoms with E-state index in [0.717, 1.165) is 31.1 Å². The summed E-state index contributed by atoms with van der Waals surface area (Å²) in [5.74, 6) is 0.781. The molecule has 118 valence electrons. The van der Waals surface area contributed by atoms with E-state index < -0.39 is 0 Å². The van der Waals surface area contributed by atoms with E-state index in [1.807, 2.05) is 6.07 Å². The highest BCUT2D eigenvalue weighted by Crippen LogP contribution is 2.24. The molecule has 2 atom stereocenters. The Morgan fingerprint density at radius 1 is 1.38 bits per heavy atom. The van der Waals surface area contributed by atoms with E-state index >= 15 is 0 Å². The minimum atomic E-state index is -0.340. The van der Waals surface area contributed by atoms with Crippen LogP contribution in [0.15, 0.2) is 18.2 Å². The lowest BCUT2D eigenvalue weighted by Gasteiger charge is -2.24. The summed E-state index contributed by atoms with van der Waals surface area (Å²) >= 11 is 0. The van der Waals surface area contributed by atoms with Gasteiger partial charge in [-0.05, 0) is 56.0 Å². The van der Waals surface area contributed by atoms with Gasteiger partial charge in [0.25, 0.3) is 0 Å². The molecule has 2 rings (SSSR count). The molecule has 21 heavy (non-hydrogen) atoms. The molecule has 0 saturated carbocycles. The first kappa shape index (κ1) is 16.2. The molecule has 1 heterocycles. The topological polar surface area (TPSA) is 38.5 Å². The molecule has 1 fully saturated rings. The van der Waals surface area contributed by atoms with Crippen molar-refractivity contribution in [1.29, 1.82) is 0 Å². The van der Waals surface area contributed by atoms with E-state index in [2.05, 4.69) is 11.8 Å². The summed E-state index contributed by atoms with van der Waals surface area (Å²) in [5, 5.41) is 0. The van der Waals surface area contributed by atoms with Crippen LogP contribution in [0.4, 0.5) is 4.39 Å². The summed E-state index contributed by atoms with van der Waals surface area (Å²) in [6.45, 7) is 5.27. The first-order valence-corrected chi connectivity index (χ1v) is 7.95. The molecule has 1 saturated heterocycles. The third-order valence-corrected chi connectivity index (χ3v) is 4.58. The molecule has 2 N–H and O–H groups in total. The zero-order valence-corrected chi connectivity index (χ0v) is 13.1. The number of ether oxygens (including phenoxy) is 1. The second-order valence-electron chi connectivity index (χ2n) is 6.01. The molecule has 0 amide bonds. The summed E-state index contributed by atoms with van der Waals surface area (Å²) in [6, 6.07) is 4.86. The highest BCUT2D eigenvalue weighted by atomic mass is 19.1. The molecule has 1 aliphatic rings. The summed E-state index contributed by atoms with van der Waals surface area (Å²) in [7, 11) is 1.47. The van der Waals surface area contributed by atoms with Crippen LogP contribution in [-0.4, -0.2) is 31.6 Å². The number of rotatable bonds is 5. The molecule has 4 heteroatoms. The zero-order valence-electron chi connectivity index (χ0n) is 13.1. The lowest BCUT2D eigenvalue weighted by molar-refractivity contribution is 0.263. The molecule has 0 radical (unpaired) electrons. The minimum Gasteiger partial charge on any atom is -0.494 e. The maximum Gasteiger partial charge on any atom is 0.165 e. The Kier molecular flexibility index (Phi) is 6.00. The summed E-state index contributed by atoms with van der Waals surface area (Å²) < 4.78 is 18.7. The molecule has 2 unspecified atom stereocenters. The van der Waals surface area contributed by atoms with Crippen LogP contribution in [0.1, 0.15) is 44.2 Å². The molecule has 0 aromatic heterocycles. The van der Waals surface area contributed by atoms with Crippen molar-refractivity contribution in [3.63, 3.8) is 0 Å². The first-order chi connectivity index (χ1) is 10.1. The lowest BCUT2D eigenvalue weighted by atomic mass is 9.98. The van der Waals surface area contributed by atoms with Crippen molar-refractivity contribution < 1.29 is 9.13 Å².